The van der Waals surface area contributed by atoms with Crippen LogP contribution in [0.1, 0.15) is 15.9 Å². The average Bonchev–Trinajstić information content (AvgIpc) is 3.08. The molecule has 0 aliphatic carbocycles. The van der Waals surface area contributed by atoms with Crippen LogP contribution in [0.5, 0.6) is 11.5 Å². The van der Waals surface area contributed by atoms with Gasteiger partial charge in [0.15, 0.2) is 0 Å². The van der Waals surface area contributed by atoms with Crippen LogP contribution in [0.3, 0.4) is 0 Å². The summed E-state index contributed by atoms with van der Waals surface area (Å²) < 4.78 is 10.4. The van der Waals surface area contributed by atoms with Gasteiger partial charge in [-0.1, -0.05) is 29.8 Å². The summed E-state index contributed by atoms with van der Waals surface area (Å²) >= 11 is 6.26. The second-order valence-electron chi connectivity index (χ2n) is 7.64. The van der Waals surface area contributed by atoms with Gasteiger partial charge in [0.1, 0.15) is 22.2 Å². The van der Waals surface area contributed by atoms with E-state index in [9.17, 15) is 14.4 Å². The molecule has 9 heteroatoms. The molecule has 8 nitrogen and oxygen atoms in total. The van der Waals surface area contributed by atoms with Gasteiger partial charge in [0.05, 0.1) is 25.6 Å². The Morgan fingerprint density at radius 3 is 2.29 bits per heavy atom. The minimum absolute atomic E-state index is 0.0714. The van der Waals surface area contributed by atoms with E-state index < -0.39 is 11.8 Å². The number of imide groups is 1. The molecule has 0 aromatic heterocycles. The van der Waals surface area contributed by atoms with Crippen LogP contribution in [-0.4, -0.2) is 31.9 Å². The number of hydrogen-bond donors (Lipinski definition) is 2. The molecule has 3 amide bonds. The van der Waals surface area contributed by atoms with Crippen LogP contribution >= 0.6 is 11.6 Å². The molecule has 3 aromatic rings. The van der Waals surface area contributed by atoms with Crippen molar-refractivity contribution in [2.24, 2.45) is 0 Å². The summed E-state index contributed by atoms with van der Waals surface area (Å²) in [7, 11) is 3.04. The number of carbonyl (C=O) groups is 3. The normalized spacial score (nSPS) is 13.2. The van der Waals surface area contributed by atoms with Crippen molar-refractivity contribution in [1.82, 2.24) is 0 Å². The molecule has 1 heterocycles. The zero-order valence-corrected chi connectivity index (χ0v) is 20.0. The highest BCUT2D eigenvalue weighted by molar-refractivity contribution is 6.53. The molecule has 35 heavy (non-hydrogen) atoms. The van der Waals surface area contributed by atoms with E-state index >= 15 is 0 Å². The van der Waals surface area contributed by atoms with Crippen molar-refractivity contribution < 1.29 is 23.9 Å². The van der Waals surface area contributed by atoms with Crippen molar-refractivity contribution in [3.63, 3.8) is 0 Å². The summed E-state index contributed by atoms with van der Waals surface area (Å²) in [5, 5.41) is 5.52. The first-order valence-corrected chi connectivity index (χ1v) is 11.0. The molecule has 3 aromatic carbocycles. The third kappa shape index (κ3) is 4.69. The van der Waals surface area contributed by atoms with E-state index in [2.05, 4.69) is 10.6 Å². The Morgan fingerprint density at radius 2 is 1.60 bits per heavy atom. The first kappa shape index (κ1) is 23.8. The van der Waals surface area contributed by atoms with Crippen LogP contribution in [-0.2, 0) is 9.59 Å². The molecular weight excluding hydrogens is 470 g/mol. The van der Waals surface area contributed by atoms with Gasteiger partial charge in [-0.15, -0.1) is 0 Å². The van der Waals surface area contributed by atoms with Gasteiger partial charge in [0, 0.05) is 11.3 Å². The largest absolute Gasteiger partial charge is 0.497 e. The second kappa shape index (κ2) is 9.90. The number of nitrogens with zero attached hydrogens (tertiary/aromatic N) is 1. The molecule has 0 bridgehead atoms. The fraction of sp³-hybridized carbons (Fsp3) is 0.115. The molecule has 1 aliphatic rings. The van der Waals surface area contributed by atoms with Crippen molar-refractivity contribution in [3.8, 4) is 11.5 Å². The molecular formula is C26H22ClN3O5. The topological polar surface area (TPSA) is 97.0 Å². The zero-order chi connectivity index (χ0) is 25.1. The number of carbonyl (C=O) groups excluding carboxylic acids is 3. The monoisotopic (exact) mass is 491 g/mol. The molecule has 0 fully saturated rings. The highest BCUT2D eigenvalue weighted by Crippen LogP contribution is 2.32. The standard InChI is InChI=1S/C26H22ClN3O5/c1-15-8-9-16(24(31)29-19-6-4-5-7-21(19)35-3)14-20(15)28-23-22(27)25(32)30(26(23)33)17-10-12-18(34-2)13-11-17/h4-14,28H,1-3H3,(H,29,31). The Balaban J connectivity index is 1.58. The number of halogens is 1. The number of hydrogen-bond acceptors (Lipinski definition) is 6. The summed E-state index contributed by atoms with van der Waals surface area (Å²) in [4.78, 5) is 39.7. The highest BCUT2D eigenvalue weighted by atomic mass is 35.5. The summed E-state index contributed by atoms with van der Waals surface area (Å²) in [6.07, 6.45) is 0. The van der Waals surface area contributed by atoms with Crippen molar-refractivity contribution in [2.75, 3.05) is 29.8 Å². The van der Waals surface area contributed by atoms with E-state index in [0.717, 1.165) is 10.5 Å². The molecule has 0 saturated carbocycles. The Morgan fingerprint density at radius 1 is 0.886 bits per heavy atom. The van der Waals surface area contributed by atoms with E-state index in [1.54, 1.807) is 73.7 Å². The van der Waals surface area contributed by atoms with Gasteiger partial charge in [-0.3, -0.25) is 14.4 Å². The third-order valence-corrected chi connectivity index (χ3v) is 5.82. The Kier molecular flexibility index (Phi) is 6.75. The van der Waals surface area contributed by atoms with E-state index in [1.165, 1.54) is 14.2 Å². The van der Waals surface area contributed by atoms with Gasteiger partial charge < -0.3 is 20.1 Å². The van der Waals surface area contributed by atoms with E-state index in [-0.39, 0.29) is 16.6 Å². The first-order valence-electron chi connectivity index (χ1n) is 10.6. The number of benzene rings is 3. The lowest BCUT2D eigenvalue weighted by molar-refractivity contribution is -0.120. The van der Waals surface area contributed by atoms with Gasteiger partial charge in [-0.25, -0.2) is 4.90 Å². The molecule has 0 unspecified atom stereocenters. The number of rotatable bonds is 7. The lowest BCUT2D eigenvalue weighted by Gasteiger charge is -2.16. The van der Waals surface area contributed by atoms with Crippen LogP contribution in [0, 0.1) is 6.92 Å². The van der Waals surface area contributed by atoms with E-state index in [1.807, 2.05) is 0 Å². The minimum atomic E-state index is -0.646. The maximum absolute atomic E-state index is 13.1. The fourth-order valence-corrected chi connectivity index (χ4v) is 3.76. The van der Waals surface area contributed by atoms with Gasteiger partial charge in [0.2, 0.25) is 0 Å². The van der Waals surface area contributed by atoms with Crippen LogP contribution in [0.2, 0.25) is 0 Å². The fourth-order valence-electron chi connectivity index (χ4n) is 3.55. The average molecular weight is 492 g/mol. The van der Waals surface area contributed by atoms with Crippen LogP contribution < -0.4 is 25.0 Å². The van der Waals surface area contributed by atoms with Crippen LogP contribution in [0.25, 0.3) is 0 Å². The predicted octanol–water partition coefficient (Wildman–Crippen LogP) is 4.70. The van der Waals surface area contributed by atoms with Gasteiger partial charge in [-0.2, -0.15) is 0 Å². The number of nitrogens with one attached hydrogen (secondary N) is 2. The zero-order valence-electron chi connectivity index (χ0n) is 19.2. The van der Waals surface area contributed by atoms with Crippen LogP contribution in [0.15, 0.2) is 77.5 Å². The van der Waals surface area contributed by atoms with Crippen molar-refractivity contribution in [1.29, 1.82) is 0 Å². The number of ether oxygens (including phenoxy) is 2. The quantitative estimate of drug-likeness (QED) is 0.465. The lowest BCUT2D eigenvalue weighted by atomic mass is 10.1. The molecule has 1 aliphatic heterocycles. The number of amides is 3. The Hall–Kier alpha value is -4.30. The maximum Gasteiger partial charge on any atom is 0.283 e. The second-order valence-corrected chi connectivity index (χ2v) is 8.02. The van der Waals surface area contributed by atoms with Gasteiger partial charge in [-0.05, 0) is 61.0 Å². The number of aryl methyl sites for hydroxylation is 1. The van der Waals surface area contributed by atoms with E-state index in [0.29, 0.717) is 34.1 Å². The number of methoxy groups -OCH3 is 2. The molecule has 0 saturated heterocycles. The van der Waals surface area contributed by atoms with Gasteiger partial charge in [0.25, 0.3) is 17.7 Å². The molecule has 4 rings (SSSR count). The Bertz CT molecular complexity index is 1350. The lowest BCUT2D eigenvalue weighted by Crippen LogP contribution is -2.32. The van der Waals surface area contributed by atoms with Crippen molar-refractivity contribution in [3.05, 3.63) is 88.6 Å². The summed E-state index contributed by atoms with van der Waals surface area (Å²) in [6.45, 7) is 1.81. The smallest absolute Gasteiger partial charge is 0.283 e. The van der Waals surface area contributed by atoms with E-state index in [4.69, 9.17) is 21.1 Å². The predicted molar refractivity (Wildman–Crippen MR) is 134 cm³/mol. The summed E-state index contributed by atoms with van der Waals surface area (Å²) in [5.41, 5.74) is 2.36. The van der Waals surface area contributed by atoms with Gasteiger partial charge >= 0.3 is 0 Å². The summed E-state index contributed by atoms with van der Waals surface area (Å²) in [5.74, 6) is -0.507. The molecule has 2 N–H and O–H groups in total. The maximum atomic E-state index is 13.1. The molecule has 0 radical (unpaired) electrons. The first-order chi connectivity index (χ1) is 16.8. The molecule has 178 valence electrons. The minimum Gasteiger partial charge on any atom is -0.497 e. The highest BCUT2D eigenvalue weighted by Gasteiger charge is 2.39. The van der Waals surface area contributed by atoms with Crippen molar-refractivity contribution in [2.45, 2.75) is 6.92 Å². The molecule has 0 spiro atoms. The van der Waals surface area contributed by atoms with Crippen molar-refractivity contribution >= 4 is 46.4 Å². The SMILES string of the molecule is COc1ccc(N2C(=O)C(Cl)=C(Nc3cc(C(=O)Nc4ccccc4OC)ccc3C)C2=O)cc1. The number of para-hydroxylation sites is 2. The van der Waals surface area contributed by atoms with Crippen LogP contribution in [0.4, 0.5) is 17.1 Å². The third-order valence-electron chi connectivity index (χ3n) is 5.47. The summed E-state index contributed by atoms with van der Waals surface area (Å²) in [6, 6.07) is 18.5. The number of anilines is 3. The molecule has 0 atom stereocenters. The Labute approximate surface area is 207 Å².